The average molecular weight is 219 g/mol. The third kappa shape index (κ3) is 3.91. The summed E-state index contributed by atoms with van der Waals surface area (Å²) in [7, 11) is 0. The lowest BCUT2D eigenvalue weighted by atomic mass is 9.96. The lowest BCUT2D eigenvalue weighted by molar-refractivity contribution is 0.352. The van der Waals surface area contributed by atoms with Gasteiger partial charge in [-0.2, -0.15) is 0 Å². The van der Waals surface area contributed by atoms with Crippen LogP contribution in [-0.4, -0.2) is 24.6 Å². The maximum atomic E-state index is 4.10. The van der Waals surface area contributed by atoms with Gasteiger partial charge in [0.05, 0.1) is 0 Å². The predicted molar refractivity (Wildman–Crippen MR) is 66.2 cm³/mol. The van der Waals surface area contributed by atoms with Crippen molar-refractivity contribution < 1.29 is 0 Å². The van der Waals surface area contributed by atoms with E-state index in [0.29, 0.717) is 0 Å². The molecule has 1 saturated heterocycles. The van der Waals surface area contributed by atoms with Gasteiger partial charge in [0.15, 0.2) is 0 Å². The highest BCUT2D eigenvalue weighted by Gasteiger charge is 2.11. The molecule has 0 aliphatic carbocycles. The molecule has 0 saturated carbocycles. The Labute approximate surface area is 97.7 Å². The van der Waals surface area contributed by atoms with Gasteiger partial charge in [0.25, 0.3) is 0 Å². The molecule has 0 amide bonds. The lowest BCUT2D eigenvalue weighted by Gasteiger charge is -2.22. The Hall–Kier alpha value is -0.930. The van der Waals surface area contributed by atoms with Crippen molar-refractivity contribution in [1.29, 1.82) is 0 Å². The van der Waals surface area contributed by atoms with Gasteiger partial charge in [-0.3, -0.25) is 4.98 Å². The van der Waals surface area contributed by atoms with E-state index < -0.39 is 0 Å². The Morgan fingerprint density at radius 1 is 1.50 bits per heavy atom. The van der Waals surface area contributed by atoms with Crippen molar-refractivity contribution >= 4 is 0 Å². The fraction of sp³-hybridized carbons (Fsp3) is 0.615. The Morgan fingerprint density at radius 2 is 2.50 bits per heavy atom. The van der Waals surface area contributed by atoms with E-state index in [1.807, 2.05) is 18.5 Å². The molecule has 3 heteroatoms. The minimum Gasteiger partial charge on any atom is -0.316 e. The molecule has 0 aromatic carbocycles. The quantitative estimate of drug-likeness (QED) is 0.738. The number of piperidine rings is 1. The lowest BCUT2D eigenvalue weighted by Crippen LogP contribution is -2.31. The van der Waals surface area contributed by atoms with Crippen LogP contribution in [0.5, 0.6) is 0 Å². The van der Waals surface area contributed by atoms with Crippen LogP contribution >= 0.6 is 0 Å². The van der Waals surface area contributed by atoms with Crippen LogP contribution in [0.15, 0.2) is 24.5 Å². The van der Waals surface area contributed by atoms with Crippen LogP contribution in [-0.2, 0) is 6.54 Å². The number of aromatic nitrogens is 1. The summed E-state index contributed by atoms with van der Waals surface area (Å²) in [5.41, 5.74) is 1.27. The van der Waals surface area contributed by atoms with E-state index in [-0.39, 0.29) is 0 Å². The summed E-state index contributed by atoms with van der Waals surface area (Å²) in [6.45, 7) is 4.46. The van der Waals surface area contributed by atoms with Gasteiger partial charge in [-0.25, -0.2) is 0 Å². The predicted octanol–water partition coefficient (Wildman–Crippen LogP) is 1.56. The summed E-state index contributed by atoms with van der Waals surface area (Å²) in [5.74, 6) is 0.871. The topological polar surface area (TPSA) is 37.0 Å². The van der Waals surface area contributed by atoms with Crippen molar-refractivity contribution in [3.63, 3.8) is 0 Å². The van der Waals surface area contributed by atoms with E-state index in [1.165, 1.54) is 37.9 Å². The second-order valence-electron chi connectivity index (χ2n) is 4.54. The highest BCUT2D eigenvalue weighted by Crippen LogP contribution is 2.12. The molecule has 1 aliphatic heterocycles. The third-order valence-corrected chi connectivity index (χ3v) is 3.18. The molecular weight excluding hydrogens is 198 g/mol. The number of hydrogen-bond acceptors (Lipinski definition) is 3. The number of rotatable bonds is 5. The van der Waals surface area contributed by atoms with Crippen molar-refractivity contribution in [3.05, 3.63) is 30.1 Å². The molecule has 3 nitrogen and oxygen atoms in total. The Bertz CT molecular complexity index is 280. The molecule has 0 radical (unpaired) electrons. The van der Waals surface area contributed by atoms with Crippen LogP contribution in [0.2, 0.25) is 0 Å². The maximum Gasteiger partial charge on any atom is 0.0312 e. The first-order chi connectivity index (χ1) is 7.95. The summed E-state index contributed by atoms with van der Waals surface area (Å²) in [5, 5.41) is 6.94. The zero-order chi connectivity index (χ0) is 11.1. The van der Waals surface area contributed by atoms with Crippen molar-refractivity contribution in [2.24, 2.45) is 5.92 Å². The zero-order valence-corrected chi connectivity index (χ0v) is 9.78. The van der Waals surface area contributed by atoms with Gasteiger partial charge in [-0.05, 0) is 56.4 Å². The summed E-state index contributed by atoms with van der Waals surface area (Å²) in [4.78, 5) is 4.10. The zero-order valence-electron chi connectivity index (χ0n) is 9.78. The van der Waals surface area contributed by atoms with Gasteiger partial charge in [0, 0.05) is 18.9 Å². The molecule has 1 aliphatic rings. The van der Waals surface area contributed by atoms with Crippen molar-refractivity contribution in [1.82, 2.24) is 15.6 Å². The molecule has 1 unspecified atom stereocenters. The molecule has 88 valence electrons. The van der Waals surface area contributed by atoms with E-state index in [2.05, 4.69) is 21.7 Å². The second-order valence-corrected chi connectivity index (χ2v) is 4.54. The molecule has 1 aromatic rings. The van der Waals surface area contributed by atoms with Gasteiger partial charge >= 0.3 is 0 Å². The van der Waals surface area contributed by atoms with Crippen LogP contribution in [0.25, 0.3) is 0 Å². The molecule has 1 atom stereocenters. The second kappa shape index (κ2) is 6.61. The fourth-order valence-corrected chi connectivity index (χ4v) is 2.21. The normalized spacial score (nSPS) is 20.9. The van der Waals surface area contributed by atoms with E-state index in [9.17, 15) is 0 Å². The van der Waals surface area contributed by atoms with Crippen molar-refractivity contribution in [2.75, 3.05) is 19.6 Å². The van der Waals surface area contributed by atoms with Gasteiger partial charge in [-0.15, -0.1) is 0 Å². The van der Waals surface area contributed by atoms with Gasteiger partial charge in [-0.1, -0.05) is 6.07 Å². The van der Waals surface area contributed by atoms with Crippen LogP contribution in [0.3, 0.4) is 0 Å². The van der Waals surface area contributed by atoms with Gasteiger partial charge < -0.3 is 10.6 Å². The standard InChI is InChI=1S/C13H21N3/c1-3-12(9-14-6-1)5-8-16-11-13-4-2-7-15-10-13/h2,4,7,10,12,14,16H,1,3,5-6,8-9,11H2. The minimum absolute atomic E-state index is 0.871. The van der Waals surface area contributed by atoms with Crippen molar-refractivity contribution in [3.8, 4) is 0 Å². The molecule has 2 rings (SSSR count). The maximum absolute atomic E-state index is 4.10. The third-order valence-electron chi connectivity index (χ3n) is 3.18. The molecular formula is C13H21N3. The first-order valence-corrected chi connectivity index (χ1v) is 6.25. The molecule has 2 N–H and O–H groups in total. The van der Waals surface area contributed by atoms with E-state index in [4.69, 9.17) is 0 Å². The molecule has 16 heavy (non-hydrogen) atoms. The monoisotopic (exact) mass is 219 g/mol. The van der Waals surface area contributed by atoms with Crippen molar-refractivity contribution in [2.45, 2.75) is 25.8 Å². The number of hydrogen-bond donors (Lipinski definition) is 2. The largest absolute Gasteiger partial charge is 0.316 e. The number of pyridine rings is 1. The Kier molecular flexibility index (Phi) is 4.77. The van der Waals surface area contributed by atoms with Crippen LogP contribution < -0.4 is 10.6 Å². The van der Waals surface area contributed by atoms with E-state index in [0.717, 1.165) is 19.0 Å². The van der Waals surface area contributed by atoms with Crippen LogP contribution in [0.1, 0.15) is 24.8 Å². The number of nitrogens with zero attached hydrogens (tertiary/aromatic N) is 1. The smallest absolute Gasteiger partial charge is 0.0312 e. The highest BCUT2D eigenvalue weighted by molar-refractivity contribution is 5.07. The van der Waals surface area contributed by atoms with E-state index >= 15 is 0 Å². The summed E-state index contributed by atoms with van der Waals surface area (Å²) in [6.07, 6.45) is 7.76. The van der Waals surface area contributed by atoms with Gasteiger partial charge in [0.2, 0.25) is 0 Å². The molecule has 0 spiro atoms. The summed E-state index contributed by atoms with van der Waals surface area (Å²) in [6, 6.07) is 4.10. The molecule has 2 heterocycles. The van der Waals surface area contributed by atoms with Gasteiger partial charge in [0.1, 0.15) is 0 Å². The summed E-state index contributed by atoms with van der Waals surface area (Å²) >= 11 is 0. The first kappa shape index (κ1) is 11.6. The molecule has 1 fully saturated rings. The SMILES string of the molecule is c1cncc(CNCCC2CCCNC2)c1. The Morgan fingerprint density at radius 3 is 3.25 bits per heavy atom. The Balaban J connectivity index is 1.58. The highest BCUT2D eigenvalue weighted by atomic mass is 14.9. The minimum atomic E-state index is 0.871. The van der Waals surface area contributed by atoms with E-state index in [1.54, 1.807) is 0 Å². The van der Waals surface area contributed by atoms with Crippen LogP contribution in [0, 0.1) is 5.92 Å². The average Bonchev–Trinajstić information content (AvgIpc) is 2.37. The molecule has 1 aromatic heterocycles. The van der Waals surface area contributed by atoms with Crippen LogP contribution in [0.4, 0.5) is 0 Å². The summed E-state index contributed by atoms with van der Waals surface area (Å²) < 4.78 is 0. The molecule has 0 bridgehead atoms. The fourth-order valence-electron chi connectivity index (χ4n) is 2.21. The number of nitrogens with one attached hydrogen (secondary N) is 2. The first-order valence-electron chi connectivity index (χ1n) is 6.25.